The van der Waals surface area contributed by atoms with Crippen LogP contribution in [0.2, 0.25) is 5.02 Å². The van der Waals surface area contributed by atoms with Crippen LogP contribution in [-0.2, 0) is 0 Å². The van der Waals surface area contributed by atoms with Crippen LogP contribution < -0.4 is 5.56 Å². The molecule has 7 heteroatoms. The predicted octanol–water partition coefficient (Wildman–Crippen LogP) is 3.65. The summed E-state index contributed by atoms with van der Waals surface area (Å²) in [6.07, 6.45) is 4.87. The average Bonchev–Trinajstić information content (AvgIpc) is 3.10. The summed E-state index contributed by atoms with van der Waals surface area (Å²) in [6, 6.07) is 13.0. The van der Waals surface area contributed by atoms with Crippen LogP contribution in [0.1, 0.15) is 5.56 Å². The van der Waals surface area contributed by atoms with E-state index in [1.807, 2.05) is 43.3 Å². The van der Waals surface area contributed by atoms with Crippen molar-refractivity contribution in [3.8, 4) is 28.5 Å². The molecule has 0 unspecified atom stereocenters. The molecule has 0 fully saturated rings. The predicted molar refractivity (Wildman–Crippen MR) is 100 cm³/mol. The Hall–Kier alpha value is -3.25. The van der Waals surface area contributed by atoms with E-state index >= 15 is 0 Å². The van der Waals surface area contributed by atoms with E-state index in [-0.39, 0.29) is 5.56 Å². The lowest BCUT2D eigenvalue weighted by atomic mass is 10.2. The number of aryl methyl sites for hydroxylation is 1. The number of nitrogens with one attached hydrogen (secondary N) is 1. The van der Waals surface area contributed by atoms with Gasteiger partial charge in [-0.1, -0.05) is 41.9 Å². The van der Waals surface area contributed by atoms with Crippen molar-refractivity contribution < 1.29 is 0 Å². The fourth-order valence-corrected chi connectivity index (χ4v) is 2.85. The SMILES string of the molecule is Cc1cnccc1-n1nc(-c2ccccc2)nc1-c1cc(Cl)c[nH]c1=O. The van der Waals surface area contributed by atoms with E-state index in [9.17, 15) is 4.79 Å². The third kappa shape index (κ3) is 2.91. The molecule has 0 saturated carbocycles. The van der Waals surface area contributed by atoms with Crippen molar-refractivity contribution in [1.29, 1.82) is 0 Å². The van der Waals surface area contributed by atoms with E-state index in [0.29, 0.717) is 22.2 Å². The summed E-state index contributed by atoms with van der Waals surface area (Å²) < 4.78 is 1.65. The zero-order valence-electron chi connectivity index (χ0n) is 13.8. The quantitative estimate of drug-likeness (QED) is 0.602. The molecule has 3 aromatic heterocycles. The molecular formula is C19H14ClN5O. The van der Waals surface area contributed by atoms with Crippen molar-refractivity contribution in [3.05, 3.63) is 82.0 Å². The summed E-state index contributed by atoms with van der Waals surface area (Å²) in [4.78, 5) is 23.7. The van der Waals surface area contributed by atoms with Crippen molar-refractivity contribution >= 4 is 11.6 Å². The molecule has 1 aromatic carbocycles. The number of rotatable bonds is 3. The molecule has 0 atom stereocenters. The Morgan fingerprint density at radius 2 is 1.96 bits per heavy atom. The molecule has 0 amide bonds. The second kappa shape index (κ2) is 6.57. The van der Waals surface area contributed by atoms with Crippen LogP contribution in [0.4, 0.5) is 0 Å². The van der Waals surface area contributed by atoms with E-state index in [1.165, 1.54) is 6.20 Å². The van der Waals surface area contributed by atoms with Gasteiger partial charge in [0.2, 0.25) is 0 Å². The largest absolute Gasteiger partial charge is 0.327 e. The van der Waals surface area contributed by atoms with Gasteiger partial charge < -0.3 is 4.98 Å². The Labute approximate surface area is 154 Å². The molecule has 128 valence electrons. The maximum absolute atomic E-state index is 12.4. The molecule has 0 saturated heterocycles. The molecule has 3 heterocycles. The lowest BCUT2D eigenvalue weighted by molar-refractivity contribution is 0.876. The highest BCUT2D eigenvalue weighted by molar-refractivity contribution is 6.30. The maximum atomic E-state index is 12.4. The second-order valence-corrected chi connectivity index (χ2v) is 6.20. The first-order valence-electron chi connectivity index (χ1n) is 7.95. The Morgan fingerprint density at radius 3 is 2.73 bits per heavy atom. The van der Waals surface area contributed by atoms with E-state index < -0.39 is 0 Å². The van der Waals surface area contributed by atoms with Gasteiger partial charge in [0, 0.05) is 24.2 Å². The molecule has 0 aliphatic carbocycles. The Kier molecular flexibility index (Phi) is 4.10. The summed E-state index contributed by atoms with van der Waals surface area (Å²) in [5, 5.41) is 5.06. The van der Waals surface area contributed by atoms with Crippen LogP contribution in [0.15, 0.2) is 65.8 Å². The molecular weight excluding hydrogens is 350 g/mol. The normalized spacial score (nSPS) is 10.8. The highest BCUT2D eigenvalue weighted by atomic mass is 35.5. The van der Waals surface area contributed by atoms with Crippen molar-refractivity contribution in [3.63, 3.8) is 0 Å². The fourth-order valence-electron chi connectivity index (χ4n) is 2.69. The number of halogens is 1. The van der Waals surface area contributed by atoms with Crippen LogP contribution in [0.3, 0.4) is 0 Å². The number of nitrogens with zero attached hydrogens (tertiary/aromatic N) is 4. The third-order valence-corrected chi connectivity index (χ3v) is 4.19. The highest BCUT2D eigenvalue weighted by Crippen LogP contribution is 2.25. The van der Waals surface area contributed by atoms with Crippen LogP contribution in [0.5, 0.6) is 0 Å². The monoisotopic (exact) mass is 363 g/mol. The number of H-pyrrole nitrogens is 1. The van der Waals surface area contributed by atoms with Gasteiger partial charge >= 0.3 is 0 Å². The van der Waals surface area contributed by atoms with Gasteiger partial charge in [-0.05, 0) is 24.6 Å². The second-order valence-electron chi connectivity index (χ2n) is 5.76. The first-order valence-corrected chi connectivity index (χ1v) is 8.33. The first-order chi connectivity index (χ1) is 12.6. The minimum atomic E-state index is -0.283. The van der Waals surface area contributed by atoms with Crippen LogP contribution >= 0.6 is 11.6 Å². The minimum Gasteiger partial charge on any atom is -0.327 e. The number of hydrogen-bond donors (Lipinski definition) is 1. The van der Waals surface area contributed by atoms with E-state index in [0.717, 1.165) is 16.8 Å². The molecule has 0 aliphatic heterocycles. The van der Waals surface area contributed by atoms with Crippen molar-refractivity contribution in [2.24, 2.45) is 0 Å². The molecule has 0 aliphatic rings. The van der Waals surface area contributed by atoms with Crippen molar-refractivity contribution in [1.82, 2.24) is 24.7 Å². The van der Waals surface area contributed by atoms with Crippen molar-refractivity contribution in [2.45, 2.75) is 6.92 Å². The van der Waals surface area contributed by atoms with E-state index in [1.54, 1.807) is 23.1 Å². The zero-order chi connectivity index (χ0) is 18.1. The van der Waals surface area contributed by atoms with Gasteiger partial charge in [0.25, 0.3) is 5.56 Å². The van der Waals surface area contributed by atoms with Gasteiger partial charge in [-0.15, -0.1) is 5.10 Å². The summed E-state index contributed by atoms with van der Waals surface area (Å²) >= 11 is 6.08. The van der Waals surface area contributed by atoms with Crippen LogP contribution in [-0.4, -0.2) is 24.7 Å². The van der Waals surface area contributed by atoms with Crippen molar-refractivity contribution in [2.75, 3.05) is 0 Å². The molecule has 26 heavy (non-hydrogen) atoms. The van der Waals surface area contributed by atoms with Gasteiger partial charge in [-0.2, -0.15) is 0 Å². The molecule has 0 spiro atoms. The molecule has 0 radical (unpaired) electrons. The van der Waals surface area contributed by atoms with Crippen LogP contribution in [0.25, 0.3) is 28.5 Å². The van der Waals surface area contributed by atoms with Gasteiger partial charge in [-0.3, -0.25) is 9.78 Å². The number of aromatic nitrogens is 5. The maximum Gasteiger partial charge on any atom is 0.259 e. The summed E-state index contributed by atoms with van der Waals surface area (Å²) in [5.41, 5.74) is 2.64. The minimum absolute atomic E-state index is 0.283. The Balaban J connectivity index is 2.00. The lowest BCUT2D eigenvalue weighted by Gasteiger charge is -2.08. The standard InChI is InChI=1S/C19H14ClN5O/c1-12-10-21-8-7-16(12)25-18(15-9-14(20)11-22-19(15)26)23-17(24-25)13-5-3-2-4-6-13/h2-11H,1H3,(H,22,26). The van der Waals surface area contributed by atoms with Gasteiger partial charge in [0.1, 0.15) is 0 Å². The highest BCUT2D eigenvalue weighted by Gasteiger charge is 2.18. The Morgan fingerprint density at radius 1 is 1.15 bits per heavy atom. The number of benzene rings is 1. The Bertz CT molecular complexity index is 1130. The topological polar surface area (TPSA) is 76.5 Å². The van der Waals surface area contributed by atoms with Crippen LogP contribution in [0, 0.1) is 6.92 Å². The van der Waals surface area contributed by atoms with E-state index in [2.05, 4.69) is 20.1 Å². The number of aromatic amines is 1. The van der Waals surface area contributed by atoms with Gasteiger partial charge in [-0.25, -0.2) is 9.67 Å². The number of hydrogen-bond acceptors (Lipinski definition) is 4. The molecule has 6 nitrogen and oxygen atoms in total. The molecule has 4 aromatic rings. The summed E-state index contributed by atoms with van der Waals surface area (Å²) in [7, 11) is 0. The smallest absolute Gasteiger partial charge is 0.259 e. The summed E-state index contributed by atoms with van der Waals surface area (Å²) in [6.45, 7) is 1.93. The lowest BCUT2D eigenvalue weighted by Crippen LogP contribution is -2.12. The van der Waals surface area contributed by atoms with E-state index in [4.69, 9.17) is 11.6 Å². The first kappa shape index (κ1) is 16.2. The molecule has 0 bridgehead atoms. The molecule has 4 rings (SSSR count). The van der Waals surface area contributed by atoms with Gasteiger partial charge in [0.15, 0.2) is 11.6 Å². The molecule has 1 N–H and O–H groups in total. The zero-order valence-corrected chi connectivity index (χ0v) is 14.6. The van der Waals surface area contributed by atoms with Gasteiger partial charge in [0.05, 0.1) is 16.3 Å². The number of pyridine rings is 2. The summed E-state index contributed by atoms with van der Waals surface area (Å²) in [5.74, 6) is 0.943. The third-order valence-electron chi connectivity index (χ3n) is 3.97. The average molecular weight is 364 g/mol. The fraction of sp³-hybridized carbons (Fsp3) is 0.0526.